The molecule has 4 rings (SSSR count). The van der Waals surface area contributed by atoms with Crippen LogP contribution in [0.1, 0.15) is 13.3 Å². The van der Waals surface area contributed by atoms with Gasteiger partial charge in [0.1, 0.15) is 23.2 Å². The number of hydrogen-bond donors (Lipinski definition) is 0. The molecule has 1 fully saturated rings. The van der Waals surface area contributed by atoms with Crippen LogP contribution in [0.2, 0.25) is 0 Å². The fourth-order valence-electron chi connectivity index (χ4n) is 3.69. The summed E-state index contributed by atoms with van der Waals surface area (Å²) >= 11 is 0. The van der Waals surface area contributed by atoms with Gasteiger partial charge >= 0.3 is 0 Å². The van der Waals surface area contributed by atoms with E-state index in [9.17, 15) is 0 Å². The summed E-state index contributed by atoms with van der Waals surface area (Å²) in [4.78, 5) is 2.50. The lowest BCUT2D eigenvalue weighted by molar-refractivity contribution is 0.240. The largest absolute Gasteiger partial charge is 0.372 e. The Morgan fingerprint density at radius 1 is 0.692 bits per heavy atom. The number of rotatable bonds is 5. The molecule has 0 atom stereocenters. The van der Waals surface area contributed by atoms with Gasteiger partial charge in [0, 0.05) is 18.8 Å². The Labute approximate surface area is 157 Å². The van der Waals surface area contributed by atoms with Gasteiger partial charge in [0.2, 0.25) is 0 Å². The van der Waals surface area contributed by atoms with Crippen LogP contribution in [0.4, 0.5) is 0 Å². The first-order valence-corrected chi connectivity index (χ1v) is 11.2. The molecule has 0 N–H and O–H groups in total. The molecule has 0 unspecified atom stereocenters. The van der Waals surface area contributed by atoms with Crippen LogP contribution in [0, 0.1) is 0 Å². The first kappa shape index (κ1) is 17.1. The highest BCUT2D eigenvalue weighted by Gasteiger charge is 2.44. The van der Waals surface area contributed by atoms with Gasteiger partial charge in [0.25, 0.3) is 0 Å². The number of hydrogen-bond acceptors (Lipinski definition) is 1. The van der Waals surface area contributed by atoms with Gasteiger partial charge in [0.15, 0.2) is 0 Å². The Morgan fingerprint density at radius 2 is 1.08 bits per heavy atom. The van der Waals surface area contributed by atoms with Crippen molar-refractivity contribution in [2.75, 3.05) is 13.1 Å². The van der Waals surface area contributed by atoms with E-state index in [2.05, 4.69) is 109 Å². The number of nitrogens with zero attached hydrogens (tertiary/aromatic N) is 1. The number of allylic oxidation sites excluding steroid dienone is 1. The Kier molecular flexibility index (Phi) is 4.91. The van der Waals surface area contributed by atoms with Gasteiger partial charge in [-0.1, -0.05) is 54.6 Å². The van der Waals surface area contributed by atoms with E-state index in [1.165, 1.54) is 41.1 Å². The summed E-state index contributed by atoms with van der Waals surface area (Å²) in [6.07, 6.45) is 1.30. The highest BCUT2D eigenvalue weighted by Crippen LogP contribution is 2.57. The second-order valence-corrected chi connectivity index (χ2v) is 10.1. The summed E-state index contributed by atoms with van der Waals surface area (Å²) < 4.78 is 0. The highest BCUT2D eigenvalue weighted by molar-refractivity contribution is 7.98. The van der Waals surface area contributed by atoms with Crippen LogP contribution in [0.5, 0.6) is 0 Å². The van der Waals surface area contributed by atoms with E-state index in [4.69, 9.17) is 0 Å². The molecular formula is C24H25NP+. The molecule has 3 aromatic rings. The predicted octanol–water partition coefficient (Wildman–Crippen LogP) is 4.55. The number of benzene rings is 3. The Hall–Kier alpha value is -2.37. The zero-order valence-corrected chi connectivity index (χ0v) is 16.1. The molecule has 0 radical (unpaired) electrons. The second-order valence-electron chi connectivity index (χ2n) is 6.84. The van der Waals surface area contributed by atoms with E-state index >= 15 is 0 Å². The van der Waals surface area contributed by atoms with Gasteiger partial charge < -0.3 is 4.90 Å². The normalized spacial score (nSPS) is 14.8. The predicted molar refractivity (Wildman–Crippen MR) is 115 cm³/mol. The van der Waals surface area contributed by atoms with Crippen LogP contribution in [0.25, 0.3) is 0 Å². The van der Waals surface area contributed by atoms with Crippen molar-refractivity contribution in [2.45, 2.75) is 13.3 Å². The molecule has 1 nitrogen and oxygen atoms in total. The van der Waals surface area contributed by atoms with Crippen molar-refractivity contribution < 1.29 is 0 Å². The minimum Gasteiger partial charge on any atom is -0.372 e. The standard InChI is InChI=1S/C24H25NP/c1-21(25-18-11-19-25)20-26(22-12-5-2-6-13-22,23-14-7-3-8-15-23)24-16-9-4-10-17-24/h2-10,12-17,20H,11,18-19H2,1H3/q+1/b21-20+. The molecule has 26 heavy (non-hydrogen) atoms. The van der Waals surface area contributed by atoms with Crippen molar-refractivity contribution in [3.63, 3.8) is 0 Å². The molecule has 1 aliphatic heterocycles. The second kappa shape index (κ2) is 7.48. The average molecular weight is 358 g/mol. The lowest BCUT2D eigenvalue weighted by Gasteiger charge is -2.35. The van der Waals surface area contributed by atoms with E-state index in [0.29, 0.717) is 0 Å². The smallest absolute Gasteiger partial charge is 0.138 e. The van der Waals surface area contributed by atoms with Crippen LogP contribution >= 0.6 is 7.26 Å². The van der Waals surface area contributed by atoms with E-state index < -0.39 is 7.26 Å². The molecule has 3 aromatic carbocycles. The highest BCUT2D eigenvalue weighted by atomic mass is 31.2. The van der Waals surface area contributed by atoms with Crippen molar-refractivity contribution in [2.24, 2.45) is 0 Å². The molecule has 2 heteroatoms. The maximum absolute atomic E-state index is 2.58. The summed E-state index contributed by atoms with van der Waals surface area (Å²) in [6.45, 7) is 4.64. The SMILES string of the molecule is C/C(=C\[P+](c1ccccc1)(c1ccccc1)c1ccccc1)N1CCC1. The molecular weight excluding hydrogens is 333 g/mol. The van der Waals surface area contributed by atoms with Crippen LogP contribution in [0.3, 0.4) is 0 Å². The van der Waals surface area contributed by atoms with Crippen molar-refractivity contribution in [3.05, 3.63) is 103 Å². The minimum atomic E-state index is -1.85. The van der Waals surface area contributed by atoms with Crippen LogP contribution in [0.15, 0.2) is 103 Å². The summed E-state index contributed by atoms with van der Waals surface area (Å²) in [7, 11) is -1.85. The molecule has 0 saturated carbocycles. The molecule has 1 heterocycles. The first-order chi connectivity index (χ1) is 12.8. The third-order valence-electron chi connectivity index (χ3n) is 5.23. The zero-order valence-electron chi connectivity index (χ0n) is 15.3. The first-order valence-electron chi connectivity index (χ1n) is 9.31. The number of likely N-dealkylation sites (tertiary alicyclic amines) is 1. The van der Waals surface area contributed by atoms with Crippen molar-refractivity contribution in [1.82, 2.24) is 4.90 Å². The third-order valence-corrected chi connectivity index (χ3v) is 9.32. The van der Waals surface area contributed by atoms with Gasteiger partial charge in [-0.25, -0.2) is 0 Å². The molecule has 0 amide bonds. The molecule has 0 bridgehead atoms. The Bertz CT molecular complexity index is 771. The molecule has 130 valence electrons. The van der Waals surface area contributed by atoms with Gasteiger partial charge in [-0.05, 0) is 49.7 Å². The van der Waals surface area contributed by atoms with Crippen LogP contribution < -0.4 is 15.9 Å². The van der Waals surface area contributed by atoms with Crippen LogP contribution in [-0.4, -0.2) is 18.0 Å². The van der Waals surface area contributed by atoms with E-state index in [0.717, 1.165) is 0 Å². The van der Waals surface area contributed by atoms with E-state index in [-0.39, 0.29) is 0 Å². The summed E-state index contributed by atoms with van der Waals surface area (Å²) in [6, 6.07) is 33.1. The van der Waals surface area contributed by atoms with Gasteiger partial charge in [-0.15, -0.1) is 0 Å². The zero-order chi connectivity index (χ0) is 17.8. The fraction of sp³-hybridized carbons (Fsp3) is 0.167. The molecule has 0 spiro atoms. The van der Waals surface area contributed by atoms with Crippen LogP contribution in [-0.2, 0) is 0 Å². The summed E-state index contributed by atoms with van der Waals surface area (Å²) in [5.41, 5.74) is 1.40. The molecule has 0 aromatic heterocycles. The fourth-order valence-corrected chi connectivity index (χ4v) is 7.68. The maximum Gasteiger partial charge on any atom is 0.138 e. The maximum atomic E-state index is 2.58. The van der Waals surface area contributed by atoms with E-state index in [1.54, 1.807) is 0 Å². The van der Waals surface area contributed by atoms with Crippen molar-refractivity contribution in [3.8, 4) is 0 Å². The topological polar surface area (TPSA) is 3.24 Å². The molecule has 0 aliphatic carbocycles. The third kappa shape index (κ3) is 3.08. The van der Waals surface area contributed by atoms with Crippen molar-refractivity contribution in [1.29, 1.82) is 0 Å². The van der Waals surface area contributed by atoms with Gasteiger partial charge in [-0.2, -0.15) is 0 Å². The lowest BCUT2D eigenvalue weighted by atomic mass is 10.2. The molecule has 1 saturated heterocycles. The quantitative estimate of drug-likeness (QED) is 0.605. The monoisotopic (exact) mass is 358 g/mol. The van der Waals surface area contributed by atoms with E-state index in [1.807, 2.05) is 0 Å². The van der Waals surface area contributed by atoms with Crippen molar-refractivity contribution >= 4 is 23.2 Å². The summed E-state index contributed by atoms with van der Waals surface area (Å²) in [5.74, 6) is 2.58. The van der Waals surface area contributed by atoms with Gasteiger partial charge in [-0.3, -0.25) is 0 Å². The molecule has 1 aliphatic rings. The average Bonchev–Trinajstić information content (AvgIpc) is 2.67. The van der Waals surface area contributed by atoms with Gasteiger partial charge in [0.05, 0.1) is 5.82 Å². The Morgan fingerprint density at radius 3 is 1.38 bits per heavy atom. The lowest BCUT2D eigenvalue weighted by Crippen LogP contribution is -2.37. The Balaban J connectivity index is 2.00. The summed E-state index contributed by atoms with van der Waals surface area (Å²) in [5, 5.41) is 4.24. The minimum absolute atomic E-state index is 1.18.